The second-order valence-electron chi connectivity index (χ2n) is 7.18. The Morgan fingerprint density at radius 2 is 1.95 bits per heavy atom. The van der Waals surface area contributed by atoms with Gasteiger partial charge in [0.1, 0.15) is 0 Å². The molecule has 1 N–H and O–H groups in total. The van der Waals surface area contributed by atoms with Crippen LogP contribution in [-0.2, 0) is 4.74 Å². The number of esters is 1. The second-order valence-corrected chi connectivity index (χ2v) is 7.18. The molecule has 0 bridgehead atoms. The van der Waals surface area contributed by atoms with E-state index in [9.17, 15) is 4.79 Å². The van der Waals surface area contributed by atoms with E-state index in [1.54, 1.807) is 12.1 Å². The number of rotatable bonds is 4. The SMILES string of the molecule is C=C(C)[C@@H]1CCC(C)(C)C[C@H]1Nc1ccc(C(=O)OC)cc1. The Balaban J connectivity index is 2.12. The van der Waals surface area contributed by atoms with Crippen molar-refractivity contribution in [1.29, 1.82) is 0 Å². The van der Waals surface area contributed by atoms with E-state index in [1.807, 2.05) is 12.1 Å². The molecule has 0 radical (unpaired) electrons. The lowest BCUT2D eigenvalue weighted by molar-refractivity contribution is 0.0601. The monoisotopic (exact) mass is 301 g/mol. The Hall–Kier alpha value is -1.77. The molecule has 1 aromatic rings. The lowest BCUT2D eigenvalue weighted by Gasteiger charge is -2.42. The third-order valence-electron chi connectivity index (χ3n) is 4.68. The van der Waals surface area contributed by atoms with Gasteiger partial charge in [0.25, 0.3) is 0 Å². The average Bonchev–Trinajstić information content (AvgIpc) is 2.46. The molecule has 0 unspecified atom stereocenters. The zero-order valence-corrected chi connectivity index (χ0v) is 14.1. The fourth-order valence-corrected chi connectivity index (χ4v) is 3.36. The molecule has 1 fully saturated rings. The maximum absolute atomic E-state index is 11.5. The first-order valence-corrected chi connectivity index (χ1v) is 7.93. The number of anilines is 1. The lowest BCUT2D eigenvalue weighted by atomic mass is 9.68. The molecule has 0 aliphatic heterocycles. The highest BCUT2D eigenvalue weighted by Gasteiger charge is 2.35. The number of benzene rings is 1. The highest BCUT2D eigenvalue weighted by molar-refractivity contribution is 5.89. The summed E-state index contributed by atoms with van der Waals surface area (Å²) in [6.07, 6.45) is 3.55. The molecule has 3 nitrogen and oxygen atoms in total. The first-order chi connectivity index (χ1) is 10.3. The minimum absolute atomic E-state index is 0.301. The van der Waals surface area contributed by atoms with Crippen molar-refractivity contribution in [3.63, 3.8) is 0 Å². The summed E-state index contributed by atoms with van der Waals surface area (Å²) in [4.78, 5) is 11.5. The Kier molecular flexibility index (Phi) is 4.94. The summed E-state index contributed by atoms with van der Waals surface area (Å²) >= 11 is 0. The van der Waals surface area contributed by atoms with Gasteiger partial charge in [-0.05, 0) is 61.8 Å². The zero-order chi connectivity index (χ0) is 16.3. The van der Waals surface area contributed by atoms with Crippen LogP contribution in [0.5, 0.6) is 0 Å². The van der Waals surface area contributed by atoms with Crippen molar-refractivity contribution in [2.45, 2.75) is 46.1 Å². The number of methoxy groups -OCH3 is 1. The molecule has 0 aromatic heterocycles. The number of hydrogen-bond donors (Lipinski definition) is 1. The predicted molar refractivity (Wildman–Crippen MR) is 91.1 cm³/mol. The minimum atomic E-state index is -0.301. The van der Waals surface area contributed by atoms with E-state index in [4.69, 9.17) is 4.74 Å². The zero-order valence-electron chi connectivity index (χ0n) is 14.1. The van der Waals surface area contributed by atoms with Crippen LogP contribution in [0.4, 0.5) is 5.69 Å². The summed E-state index contributed by atoms with van der Waals surface area (Å²) in [5.41, 5.74) is 3.23. The van der Waals surface area contributed by atoms with Gasteiger partial charge in [0.15, 0.2) is 0 Å². The van der Waals surface area contributed by atoms with Crippen molar-refractivity contribution < 1.29 is 9.53 Å². The maximum Gasteiger partial charge on any atom is 0.337 e. The van der Waals surface area contributed by atoms with Gasteiger partial charge >= 0.3 is 5.97 Å². The normalized spacial score (nSPS) is 23.6. The number of hydrogen-bond acceptors (Lipinski definition) is 3. The quantitative estimate of drug-likeness (QED) is 0.649. The van der Waals surface area contributed by atoms with Crippen LogP contribution >= 0.6 is 0 Å². The molecule has 0 heterocycles. The Morgan fingerprint density at radius 3 is 2.50 bits per heavy atom. The molecular formula is C19H27NO2. The van der Waals surface area contributed by atoms with Crippen molar-refractivity contribution in [2.24, 2.45) is 11.3 Å². The molecule has 1 aliphatic carbocycles. The third-order valence-corrected chi connectivity index (χ3v) is 4.68. The predicted octanol–water partition coefficient (Wildman–Crippen LogP) is 4.66. The number of ether oxygens (including phenoxy) is 1. The summed E-state index contributed by atoms with van der Waals surface area (Å²) in [5.74, 6) is 0.207. The van der Waals surface area contributed by atoms with Gasteiger partial charge in [0.05, 0.1) is 12.7 Å². The number of nitrogens with one attached hydrogen (secondary N) is 1. The molecule has 2 atom stereocenters. The van der Waals surface area contributed by atoms with E-state index in [2.05, 4.69) is 32.7 Å². The van der Waals surface area contributed by atoms with Crippen molar-refractivity contribution in [3.8, 4) is 0 Å². The Bertz CT molecular complexity index is 545. The molecule has 2 rings (SSSR count). The van der Waals surface area contributed by atoms with E-state index < -0.39 is 0 Å². The van der Waals surface area contributed by atoms with Crippen LogP contribution in [0.25, 0.3) is 0 Å². The van der Waals surface area contributed by atoms with E-state index in [0.29, 0.717) is 22.9 Å². The highest BCUT2D eigenvalue weighted by Crippen LogP contribution is 2.41. The summed E-state index contributed by atoms with van der Waals surface area (Å²) in [6.45, 7) is 10.9. The first-order valence-electron chi connectivity index (χ1n) is 7.93. The molecule has 1 aliphatic rings. The summed E-state index contributed by atoms with van der Waals surface area (Å²) in [5, 5.41) is 3.64. The van der Waals surface area contributed by atoms with Crippen LogP contribution in [0.3, 0.4) is 0 Å². The van der Waals surface area contributed by atoms with Crippen LogP contribution < -0.4 is 5.32 Å². The van der Waals surface area contributed by atoms with Gasteiger partial charge in [-0.25, -0.2) is 4.79 Å². The van der Waals surface area contributed by atoms with Gasteiger partial charge in [-0.2, -0.15) is 0 Å². The molecule has 1 aromatic carbocycles. The van der Waals surface area contributed by atoms with Gasteiger partial charge in [-0.1, -0.05) is 26.0 Å². The standard InChI is InChI=1S/C19H27NO2/c1-13(2)16-10-11-19(3,4)12-17(16)20-15-8-6-14(7-9-15)18(21)22-5/h6-9,16-17,20H,1,10-12H2,2-5H3/t16-,17+/m0/s1. The molecule has 22 heavy (non-hydrogen) atoms. The summed E-state index contributed by atoms with van der Waals surface area (Å²) in [7, 11) is 1.40. The maximum atomic E-state index is 11.5. The van der Waals surface area contributed by atoms with E-state index in [-0.39, 0.29) is 5.97 Å². The van der Waals surface area contributed by atoms with Crippen LogP contribution in [0.1, 0.15) is 50.4 Å². The van der Waals surface area contributed by atoms with Crippen molar-refractivity contribution in [2.75, 3.05) is 12.4 Å². The largest absolute Gasteiger partial charge is 0.465 e. The molecular weight excluding hydrogens is 274 g/mol. The molecule has 0 amide bonds. The van der Waals surface area contributed by atoms with Crippen LogP contribution in [0.15, 0.2) is 36.4 Å². The van der Waals surface area contributed by atoms with Crippen LogP contribution in [-0.4, -0.2) is 19.1 Å². The van der Waals surface area contributed by atoms with Crippen molar-refractivity contribution >= 4 is 11.7 Å². The first kappa shape index (κ1) is 16.6. The van der Waals surface area contributed by atoms with Gasteiger partial charge in [-0.3, -0.25) is 0 Å². The molecule has 0 saturated heterocycles. The Morgan fingerprint density at radius 1 is 1.32 bits per heavy atom. The van der Waals surface area contributed by atoms with E-state index in [1.165, 1.54) is 25.5 Å². The highest BCUT2D eigenvalue weighted by atomic mass is 16.5. The van der Waals surface area contributed by atoms with Gasteiger partial charge in [-0.15, -0.1) is 0 Å². The van der Waals surface area contributed by atoms with Crippen LogP contribution in [0.2, 0.25) is 0 Å². The average molecular weight is 301 g/mol. The molecule has 0 spiro atoms. The fourth-order valence-electron chi connectivity index (χ4n) is 3.36. The van der Waals surface area contributed by atoms with Crippen molar-refractivity contribution in [1.82, 2.24) is 0 Å². The topological polar surface area (TPSA) is 38.3 Å². The number of carbonyl (C=O) groups is 1. The molecule has 3 heteroatoms. The van der Waals surface area contributed by atoms with Crippen LogP contribution in [0, 0.1) is 11.3 Å². The van der Waals surface area contributed by atoms with Gasteiger partial charge in [0.2, 0.25) is 0 Å². The second kappa shape index (κ2) is 6.55. The molecule has 1 saturated carbocycles. The summed E-state index contributed by atoms with van der Waals surface area (Å²) in [6, 6.07) is 7.90. The molecule has 120 valence electrons. The number of carbonyl (C=O) groups excluding carboxylic acids is 1. The summed E-state index contributed by atoms with van der Waals surface area (Å²) < 4.78 is 4.73. The van der Waals surface area contributed by atoms with E-state index in [0.717, 1.165) is 12.1 Å². The Labute approximate surface area is 133 Å². The fraction of sp³-hybridized carbons (Fsp3) is 0.526. The lowest BCUT2D eigenvalue weighted by Crippen LogP contribution is -2.39. The van der Waals surface area contributed by atoms with Gasteiger partial charge < -0.3 is 10.1 Å². The smallest absolute Gasteiger partial charge is 0.337 e. The third kappa shape index (κ3) is 3.90. The minimum Gasteiger partial charge on any atom is -0.465 e. The van der Waals surface area contributed by atoms with E-state index >= 15 is 0 Å². The van der Waals surface area contributed by atoms with Crippen molar-refractivity contribution in [3.05, 3.63) is 42.0 Å². The van der Waals surface area contributed by atoms with Gasteiger partial charge in [0, 0.05) is 11.7 Å².